The fourth-order valence-corrected chi connectivity index (χ4v) is 1.17. The van der Waals surface area contributed by atoms with E-state index >= 15 is 0 Å². The Morgan fingerprint density at radius 3 is 2.93 bits per heavy atom. The molecule has 80 valence electrons. The van der Waals surface area contributed by atoms with Crippen molar-refractivity contribution in [1.29, 1.82) is 0 Å². The van der Waals surface area contributed by atoms with Gasteiger partial charge < -0.3 is 14.9 Å². The number of aliphatic hydroxyl groups excluding tert-OH is 1. The summed E-state index contributed by atoms with van der Waals surface area (Å²) >= 11 is 0. The number of rotatable bonds is 8. The second-order valence-corrected chi connectivity index (χ2v) is 3.13. The van der Waals surface area contributed by atoms with Gasteiger partial charge in [-0.15, -0.1) is 0 Å². The van der Waals surface area contributed by atoms with Crippen molar-refractivity contribution < 1.29 is 9.63 Å². The molecule has 0 radical (unpaired) electrons. The predicted octanol–water partition coefficient (Wildman–Crippen LogP) is 0.364. The molecule has 0 bridgehead atoms. The molecule has 1 aromatic rings. The van der Waals surface area contributed by atoms with Crippen molar-refractivity contribution in [3.8, 4) is 0 Å². The minimum absolute atomic E-state index is 0.295. The lowest BCUT2D eigenvalue weighted by Crippen LogP contribution is -2.18. The van der Waals surface area contributed by atoms with Crippen molar-refractivity contribution in [3.05, 3.63) is 12.2 Å². The molecule has 0 aliphatic heterocycles. The fourth-order valence-electron chi connectivity index (χ4n) is 1.17. The largest absolute Gasteiger partial charge is 0.396 e. The maximum atomic E-state index is 8.55. The zero-order valence-corrected chi connectivity index (χ0v) is 8.28. The molecule has 0 aliphatic carbocycles. The minimum Gasteiger partial charge on any atom is -0.396 e. The minimum atomic E-state index is 0.295. The van der Waals surface area contributed by atoms with Crippen molar-refractivity contribution in [2.75, 3.05) is 19.7 Å². The quantitative estimate of drug-likeness (QED) is 0.592. The highest BCUT2D eigenvalue weighted by atomic mass is 16.5. The first-order valence-electron chi connectivity index (χ1n) is 5.00. The van der Waals surface area contributed by atoms with Gasteiger partial charge in [-0.3, -0.25) is 0 Å². The van der Waals surface area contributed by atoms with Crippen LogP contribution in [0.15, 0.2) is 10.9 Å². The summed E-state index contributed by atoms with van der Waals surface area (Å²) in [4.78, 5) is 3.91. The molecule has 5 heteroatoms. The molecule has 1 aromatic heterocycles. The van der Waals surface area contributed by atoms with Crippen LogP contribution in [0.3, 0.4) is 0 Å². The lowest BCUT2D eigenvalue weighted by molar-refractivity contribution is 0.283. The van der Waals surface area contributed by atoms with Crippen molar-refractivity contribution in [2.24, 2.45) is 0 Å². The number of aromatic nitrogens is 2. The van der Waals surface area contributed by atoms with E-state index in [-0.39, 0.29) is 0 Å². The first-order chi connectivity index (χ1) is 6.93. The number of hydrogen-bond acceptors (Lipinski definition) is 5. The molecule has 0 saturated carbocycles. The molecular formula is C9H17N3O2. The molecule has 0 aliphatic rings. The molecule has 0 spiro atoms. The van der Waals surface area contributed by atoms with Crippen LogP contribution in [0.5, 0.6) is 0 Å². The maximum absolute atomic E-state index is 8.55. The van der Waals surface area contributed by atoms with Gasteiger partial charge in [0.15, 0.2) is 5.82 Å². The van der Waals surface area contributed by atoms with Crippen LogP contribution in [0.4, 0.5) is 0 Å². The van der Waals surface area contributed by atoms with Crippen molar-refractivity contribution in [1.82, 2.24) is 15.5 Å². The van der Waals surface area contributed by atoms with E-state index in [0.717, 1.165) is 44.6 Å². The molecule has 14 heavy (non-hydrogen) atoms. The van der Waals surface area contributed by atoms with Gasteiger partial charge in [-0.05, 0) is 25.8 Å². The molecule has 0 fully saturated rings. The van der Waals surface area contributed by atoms with Crippen molar-refractivity contribution in [2.45, 2.75) is 25.7 Å². The Morgan fingerprint density at radius 1 is 1.29 bits per heavy atom. The smallest absolute Gasteiger partial charge is 0.213 e. The summed E-state index contributed by atoms with van der Waals surface area (Å²) < 4.78 is 4.61. The van der Waals surface area contributed by atoms with E-state index in [4.69, 9.17) is 5.11 Å². The zero-order valence-electron chi connectivity index (χ0n) is 8.28. The Kier molecular flexibility index (Phi) is 5.94. The van der Waals surface area contributed by atoms with Crippen LogP contribution in [0.1, 0.15) is 25.1 Å². The van der Waals surface area contributed by atoms with Gasteiger partial charge in [0.25, 0.3) is 0 Å². The molecule has 0 amide bonds. The highest BCUT2D eigenvalue weighted by Crippen LogP contribution is 1.92. The van der Waals surface area contributed by atoms with Gasteiger partial charge in [0.1, 0.15) is 0 Å². The SMILES string of the molecule is OCCCCCNCCc1ncon1. The van der Waals surface area contributed by atoms with E-state index in [9.17, 15) is 0 Å². The van der Waals surface area contributed by atoms with Gasteiger partial charge in [0.05, 0.1) is 0 Å². The predicted molar refractivity (Wildman–Crippen MR) is 51.8 cm³/mol. The third-order valence-electron chi connectivity index (χ3n) is 1.94. The van der Waals surface area contributed by atoms with Crippen LogP contribution in [0.25, 0.3) is 0 Å². The Balaban J connectivity index is 1.85. The maximum Gasteiger partial charge on any atom is 0.213 e. The van der Waals surface area contributed by atoms with Crippen LogP contribution in [0.2, 0.25) is 0 Å². The number of unbranched alkanes of at least 4 members (excludes halogenated alkanes) is 2. The van der Waals surface area contributed by atoms with E-state index in [0.29, 0.717) is 6.61 Å². The molecular weight excluding hydrogens is 182 g/mol. The highest BCUT2D eigenvalue weighted by molar-refractivity contribution is 4.78. The van der Waals surface area contributed by atoms with Gasteiger partial charge in [0.2, 0.25) is 6.39 Å². The summed E-state index contributed by atoms with van der Waals surface area (Å²) in [6.07, 6.45) is 5.22. The Labute approximate surface area is 83.5 Å². The van der Waals surface area contributed by atoms with Gasteiger partial charge >= 0.3 is 0 Å². The van der Waals surface area contributed by atoms with Crippen molar-refractivity contribution >= 4 is 0 Å². The molecule has 2 N–H and O–H groups in total. The van der Waals surface area contributed by atoms with Crippen LogP contribution in [0, 0.1) is 0 Å². The van der Waals surface area contributed by atoms with Gasteiger partial charge in [-0.1, -0.05) is 5.16 Å². The lowest BCUT2D eigenvalue weighted by atomic mass is 10.2. The van der Waals surface area contributed by atoms with Crippen LogP contribution in [-0.2, 0) is 6.42 Å². The second kappa shape index (κ2) is 7.46. The number of hydrogen-bond donors (Lipinski definition) is 2. The summed E-state index contributed by atoms with van der Waals surface area (Å²) in [6, 6.07) is 0. The van der Waals surface area contributed by atoms with Crippen LogP contribution >= 0.6 is 0 Å². The summed E-state index contributed by atoms with van der Waals surface area (Å²) in [5.41, 5.74) is 0. The van der Waals surface area contributed by atoms with Crippen LogP contribution < -0.4 is 5.32 Å². The molecule has 1 heterocycles. The number of aliphatic hydroxyl groups is 1. The van der Waals surface area contributed by atoms with E-state index < -0.39 is 0 Å². The molecule has 0 aromatic carbocycles. The fraction of sp³-hybridized carbons (Fsp3) is 0.778. The van der Waals surface area contributed by atoms with E-state index in [1.165, 1.54) is 6.39 Å². The van der Waals surface area contributed by atoms with E-state index in [1.54, 1.807) is 0 Å². The second-order valence-electron chi connectivity index (χ2n) is 3.13. The highest BCUT2D eigenvalue weighted by Gasteiger charge is 1.96. The topological polar surface area (TPSA) is 71.2 Å². The zero-order chi connectivity index (χ0) is 10.1. The van der Waals surface area contributed by atoms with Crippen LogP contribution in [-0.4, -0.2) is 34.9 Å². The molecule has 5 nitrogen and oxygen atoms in total. The Bertz CT molecular complexity index is 214. The molecule has 0 unspecified atom stereocenters. The Hall–Kier alpha value is -0.940. The van der Waals surface area contributed by atoms with Gasteiger partial charge in [-0.25, -0.2) is 0 Å². The summed E-state index contributed by atoms with van der Waals surface area (Å²) in [7, 11) is 0. The normalized spacial score (nSPS) is 10.6. The Morgan fingerprint density at radius 2 is 2.21 bits per heavy atom. The number of nitrogens with one attached hydrogen (secondary N) is 1. The molecule has 0 atom stereocenters. The third-order valence-corrected chi connectivity index (χ3v) is 1.94. The number of nitrogens with zero attached hydrogens (tertiary/aromatic N) is 2. The third kappa shape index (κ3) is 4.94. The monoisotopic (exact) mass is 199 g/mol. The molecule has 1 rings (SSSR count). The summed E-state index contributed by atoms with van der Waals surface area (Å²) in [6.45, 7) is 2.15. The lowest BCUT2D eigenvalue weighted by Gasteiger charge is -2.01. The summed E-state index contributed by atoms with van der Waals surface area (Å²) in [5.74, 6) is 0.743. The van der Waals surface area contributed by atoms with E-state index in [2.05, 4.69) is 20.0 Å². The first-order valence-corrected chi connectivity index (χ1v) is 5.00. The van der Waals surface area contributed by atoms with Gasteiger partial charge in [-0.2, -0.15) is 4.98 Å². The van der Waals surface area contributed by atoms with Crippen molar-refractivity contribution in [3.63, 3.8) is 0 Å². The van der Waals surface area contributed by atoms with E-state index in [1.807, 2.05) is 0 Å². The van der Waals surface area contributed by atoms with Gasteiger partial charge in [0, 0.05) is 19.6 Å². The summed E-state index contributed by atoms with van der Waals surface area (Å²) in [5, 5.41) is 15.5. The first kappa shape index (κ1) is 11.1. The standard InChI is InChI=1S/C9H17N3O2/c13-7-3-1-2-5-10-6-4-9-11-8-14-12-9/h8,10,13H,1-7H2. The average molecular weight is 199 g/mol. The average Bonchev–Trinajstić information content (AvgIpc) is 2.69. The molecule has 0 saturated heterocycles.